The minimum Gasteiger partial charge on any atom is -0.395 e. The molecule has 0 aliphatic carbocycles. The lowest BCUT2D eigenvalue weighted by Crippen LogP contribution is -2.46. The number of likely N-dealkylation sites (N-methyl/N-ethyl adjacent to an activating group) is 1. The first-order chi connectivity index (χ1) is 8.74. The molecule has 1 amide bonds. The first-order valence-electron chi connectivity index (χ1n) is 7.04. The molecule has 2 N–H and O–H groups in total. The van der Waals surface area contributed by atoms with Crippen LogP contribution in [0.15, 0.2) is 0 Å². The molecule has 0 aromatic rings. The molecule has 2 aliphatic rings. The van der Waals surface area contributed by atoms with E-state index in [9.17, 15) is 9.90 Å². The van der Waals surface area contributed by atoms with Crippen LogP contribution in [-0.2, 0) is 4.79 Å². The molecule has 5 heteroatoms. The molecule has 2 saturated heterocycles. The van der Waals surface area contributed by atoms with Crippen molar-refractivity contribution in [3.63, 3.8) is 0 Å². The van der Waals surface area contributed by atoms with Crippen molar-refractivity contribution in [2.45, 2.75) is 37.8 Å². The van der Waals surface area contributed by atoms with E-state index in [0.717, 1.165) is 26.1 Å². The van der Waals surface area contributed by atoms with Gasteiger partial charge in [-0.1, -0.05) is 0 Å². The maximum atomic E-state index is 11.5. The first-order valence-corrected chi connectivity index (χ1v) is 7.04. The second kappa shape index (κ2) is 6.50. The number of aliphatic hydroxyl groups excluding tert-OH is 1. The zero-order chi connectivity index (χ0) is 13.0. The number of amides is 1. The SMILES string of the molecule is CNC(=O)CN1CCCC1CN1CCCC1CO. The van der Waals surface area contributed by atoms with Gasteiger partial charge in [-0.2, -0.15) is 0 Å². The summed E-state index contributed by atoms with van der Waals surface area (Å²) in [4.78, 5) is 16.1. The number of carbonyl (C=O) groups excluding carboxylic acids is 1. The van der Waals surface area contributed by atoms with Gasteiger partial charge in [0.15, 0.2) is 0 Å². The van der Waals surface area contributed by atoms with E-state index in [4.69, 9.17) is 0 Å². The number of hydrogen-bond donors (Lipinski definition) is 2. The molecule has 0 aromatic heterocycles. The fourth-order valence-corrected chi connectivity index (χ4v) is 3.19. The number of carbonyl (C=O) groups is 1. The third-order valence-electron chi connectivity index (χ3n) is 4.28. The van der Waals surface area contributed by atoms with E-state index in [1.807, 2.05) is 0 Å². The van der Waals surface area contributed by atoms with Crippen molar-refractivity contribution in [2.75, 3.05) is 39.8 Å². The zero-order valence-electron chi connectivity index (χ0n) is 11.3. The first kappa shape index (κ1) is 13.8. The Morgan fingerprint density at radius 3 is 2.56 bits per heavy atom. The van der Waals surface area contributed by atoms with Crippen LogP contribution in [0.2, 0.25) is 0 Å². The summed E-state index contributed by atoms with van der Waals surface area (Å²) in [6.45, 7) is 3.90. The van der Waals surface area contributed by atoms with E-state index in [1.54, 1.807) is 7.05 Å². The second-order valence-electron chi connectivity index (χ2n) is 5.41. The lowest BCUT2D eigenvalue weighted by molar-refractivity contribution is -0.122. The van der Waals surface area contributed by atoms with Gasteiger partial charge in [0.25, 0.3) is 0 Å². The third-order valence-corrected chi connectivity index (χ3v) is 4.28. The van der Waals surface area contributed by atoms with Crippen LogP contribution in [0, 0.1) is 0 Å². The molecule has 0 aromatic carbocycles. The van der Waals surface area contributed by atoms with Crippen molar-refractivity contribution in [3.05, 3.63) is 0 Å². The fraction of sp³-hybridized carbons (Fsp3) is 0.923. The van der Waals surface area contributed by atoms with Gasteiger partial charge in [0, 0.05) is 25.7 Å². The number of aliphatic hydroxyl groups is 1. The maximum Gasteiger partial charge on any atom is 0.233 e. The van der Waals surface area contributed by atoms with Crippen LogP contribution in [-0.4, -0.2) is 72.7 Å². The Bertz CT molecular complexity index is 285. The molecule has 0 radical (unpaired) electrons. The van der Waals surface area contributed by atoms with Gasteiger partial charge in [0.05, 0.1) is 13.2 Å². The van der Waals surface area contributed by atoms with Gasteiger partial charge in [-0.05, 0) is 38.8 Å². The van der Waals surface area contributed by atoms with Crippen molar-refractivity contribution in [3.8, 4) is 0 Å². The highest BCUT2D eigenvalue weighted by atomic mass is 16.3. The van der Waals surface area contributed by atoms with Crippen molar-refractivity contribution >= 4 is 5.91 Å². The largest absolute Gasteiger partial charge is 0.395 e. The summed E-state index contributed by atoms with van der Waals surface area (Å²) >= 11 is 0. The van der Waals surface area contributed by atoms with E-state index in [1.165, 1.54) is 19.3 Å². The highest BCUT2D eigenvalue weighted by molar-refractivity contribution is 5.77. The smallest absolute Gasteiger partial charge is 0.233 e. The Balaban J connectivity index is 1.85. The molecular weight excluding hydrogens is 230 g/mol. The van der Waals surface area contributed by atoms with Gasteiger partial charge in [0.1, 0.15) is 0 Å². The predicted molar refractivity (Wildman–Crippen MR) is 70.3 cm³/mol. The average molecular weight is 255 g/mol. The van der Waals surface area contributed by atoms with E-state index < -0.39 is 0 Å². The lowest BCUT2D eigenvalue weighted by atomic mass is 10.2. The molecule has 5 nitrogen and oxygen atoms in total. The maximum absolute atomic E-state index is 11.5. The molecule has 2 atom stereocenters. The molecule has 0 spiro atoms. The van der Waals surface area contributed by atoms with Crippen LogP contribution in [0.5, 0.6) is 0 Å². The fourth-order valence-electron chi connectivity index (χ4n) is 3.19. The summed E-state index contributed by atoms with van der Waals surface area (Å²) in [5.41, 5.74) is 0. The van der Waals surface area contributed by atoms with Crippen molar-refractivity contribution in [1.82, 2.24) is 15.1 Å². The van der Waals surface area contributed by atoms with Crippen LogP contribution < -0.4 is 5.32 Å². The van der Waals surface area contributed by atoms with Gasteiger partial charge < -0.3 is 10.4 Å². The van der Waals surface area contributed by atoms with Crippen LogP contribution in [0.1, 0.15) is 25.7 Å². The molecule has 2 fully saturated rings. The summed E-state index contributed by atoms with van der Waals surface area (Å²) in [5, 5.41) is 12.0. The molecule has 2 aliphatic heterocycles. The summed E-state index contributed by atoms with van der Waals surface area (Å²) in [7, 11) is 1.69. The second-order valence-corrected chi connectivity index (χ2v) is 5.41. The monoisotopic (exact) mass is 255 g/mol. The van der Waals surface area contributed by atoms with E-state index in [2.05, 4.69) is 15.1 Å². The van der Waals surface area contributed by atoms with Crippen LogP contribution in [0.3, 0.4) is 0 Å². The molecular formula is C13H25N3O2. The summed E-state index contributed by atoms with van der Waals surface area (Å²) in [6.07, 6.45) is 4.65. The molecule has 0 saturated carbocycles. The summed E-state index contributed by atoms with van der Waals surface area (Å²) in [5.74, 6) is 0.0991. The summed E-state index contributed by atoms with van der Waals surface area (Å²) in [6, 6.07) is 0.821. The molecule has 104 valence electrons. The van der Waals surface area contributed by atoms with Gasteiger partial charge in [-0.15, -0.1) is 0 Å². The topological polar surface area (TPSA) is 55.8 Å². The Labute approximate surface area is 109 Å². The normalized spacial score (nSPS) is 29.9. The number of likely N-dealkylation sites (tertiary alicyclic amines) is 2. The van der Waals surface area contributed by atoms with Crippen molar-refractivity contribution < 1.29 is 9.90 Å². The molecule has 0 bridgehead atoms. The van der Waals surface area contributed by atoms with Crippen molar-refractivity contribution in [1.29, 1.82) is 0 Å². The average Bonchev–Trinajstić information content (AvgIpc) is 2.99. The number of nitrogens with zero attached hydrogens (tertiary/aromatic N) is 2. The molecule has 2 heterocycles. The lowest BCUT2D eigenvalue weighted by Gasteiger charge is -2.30. The zero-order valence-corrected chi connectivity index (χ0v) is 11.3. The van der Waals surface area contributed by atoms with Gasteiger partial charge in [-0.3, -0.25) is 14.6 Å². The Hall–Kier alpha value is -0.650. The third kappa shape index (κ3) is 3.22. The minimum atomic E-state index is 0.0991. The minimum absolute atomic E-state index is 0.0991. The van der Waals surface area contributed by atoms with Crippen LogP contribution in [0.25, 0.3) is 0 Å². The number of rotatable bonds is 5. The number of nitrogens with one attached hydrogen (secondary N) is 1. The molecule has 2 unspecified atom stereocenters. The van der Waals surface area contributed by atoms with Crippen molar-refractivity contribution in [2.24, 2.45) is 0 Å². The van der Waals surface area contributed by atoms with E-state index in [-0.39, 0.29) is 12.5 Å². The van der Waals surface area contributed by atoms with Gasteiger partial charge >= 0.3 is 0 Å². The highest BCUT2D eigenvalue weighted by Crippen LogP contribution is 2.22. The van der Waals surface area contributed by atoms with Gasteiger partial charge in [0.2, 0.25) is 5.91 Å². The van der Waals surface area contributed by atoms with E-state index >= 15 is 0 Å². The highest BCUT2D eigenvalue weighted by Gasteiger charge is 2.31. The Morgan fingerprint density at radius 2 is 1.89 bits per heavy atom. The standard InChI is InChI=1S/C13H25N3O2/c1-14-13(18)9-16-7-2-4-11(16)8-15-6-3-5-12(15)10-17/h11-12,17H,2-10H2,1H3,(H,14,18). The molecule has 18 heavy (non-hydrogen) atoms. The summed E-state index contributed by atoms with van der Waals surface area (Å²) < 4.78 is 0. The quantitative estimate of drug-likeness (QED) is 0.705. The molecule has 2 rings (SSSR count). The predicted octanol–water partition coefficient (Wildman–Crippen LogP) is -0.346. The Kier molecular flexibility index (Phi) is 4.97. The van der Waals surface area contributed by atoms with Gasteiger partial charge in [-0.25, -0.2) is 0 Å². The van der Waals surface area contributed by atoms with Crippen LogP contribution in [0.4, 0.5) is 0 Å². The Morgan fingerprint density at radius 1 is 1.22 bits per heavy atom. The number of hydrogen-bond acceptors (Lipinski definition) is 4. The van der Waals surface area contributed by atoms with Crippen LogP contribution >= 0.6 is 0 Å². The van der Waals surface area contributed by atoms with E-state index in [0.29, 0.717) is 18.6 Å².